The Morgan fingerprint density at radius 3 is 2.41 bits per heavy atom. The summed E-state index contributed by atoms with van der Waals surface area (Å²) in [6.45, 7) is 0. The van der Waals surface area contributed by atoms with Crippen molar-refractivity contribution >= 4 is 22.6 Å². The molecule has 22 heavy (non-hydrogen) atoms. The summed E-state index contributed by atoms with van der Waals surface area (Å²) in [6, 6.07) is 20.9. The van der Waals surface area contributed by atoms with Crippen LogP contribution in [0.5, 0.6) is 0 Å². The van der Waals surface area contributed by atoms with Crippen LogP contribution < -0.4 is 5.22 Å². The zero-order valence-corrected chi connectivity index (χ0v) is 12.7. The first kappa shape index (κ1) is 12.9. The summed E-state index contributed by atoms with van der Waals surface area (Å²) in [5.41, 5.74) is 4.45. The van der Waals surface area contributed by atoms with Gasteiger partial charge in [-0.15, -0.1) is 0 Å². The van der Waals surface area contributed by atoms with Crippen molar-refractivity contribution in [2.75, 3.05) is 14.1 Å². The second-order valence-electron chi connectivity index (χ2n) is 5.72. The topological polar surface area (TPSA) is 20.5 Å². The van der Waals surface area contributed by atoms with Crippen LogP contribution in [0.4, 0.5) is 0 Å². The van der Waals surface area contributed by atoms with Gasteiger partial charge in [-0.25, -0.2) is 4.52 Å². The minimum Gasteiger partial charge on any atom is -0.383 e. The molecular formula is C19H17N3. The van der Waals surface area contributed by atoms with E-state index in [2.05, 4.69) is 53.6 Å². The fraction of sp³-hybridized carbons (Fsp3) is 0.105. The van der Waals surface area contributed by atoms with Gasteiger partial charge in [0, 0.05) is 36.5 Å². The number of aromatic nitrogens is 2. The van der Waals surface area contributed by atoms with Crippen LogP contribution in [0.2, 0.25) is 0 Å². The monoisotopic (exact) mass is 287 g/mol. The van der Waals surface area contributed by atoms with Gasteiger partial charge in [0.25, 0.3) is 0 Å². The zero-order chi connectivity index (χ0) is 15.1. The molecule has 0 saturated heterocycles. The second-order valence-corrected chi connectivity index (χ2v) is 5.72. The number of rotatable bonds is 2. The maximum atomic E-state index is 4.82. The van der Waals surface area contributed by atoms with Gasteiger partial charge < -0.3 is 4.90 Å². The van der Waals surface area contributed by atoms with Crippen molar-refractivity contribution in [3.8, 4) is 11.3 Å². The van der Waals surface area contributed by atoms with E-state index >= 15 is 0 Å². The van der Waals surface area contributed by atoms with E-state index in [1.807, 2.05) is 36.8 Å². The second kappa shape index (κ2) is 4.88. The third-order valence-corrected chi connectivity index (χ3v) is 3.86. The van der Waals surface area contributed by atoms with Gasteiger partial charge in [-0.3, -0.25) is 0 Å². The summed E-state index contributed by atoms with van der Waals surface area (Å²) in [7, 11) is 4.10. The summed E-state index contributed by atoms with van der Waals surface area (Å²) >= 11 is 0. The molecule has 4 aromatic rings. The Balaban J connectivity index is 2.08. The molecule has 0 spiro atoms. The van der Waals surface area contributed by atoms with Crippen LogP contribution in [0.3, 0.4) is 0 Å². The van der Waals surface area contributed by atoms with E-state index in [1.54, 1.807) is 0 Å². The molecule has 0 saturated carbocycles. The molecule has 0 atom stereocenters. The Labute approximate surface area is 129 Å². The third kappa shape index (κ3) is 1.94. The van der Waals surface area contributed by atoms with Crippen LogP contribution in [0, 0.1) is 0 Å². The SMILES string of the molecule is CN(C)/C=c1/c2ccccc2n2nc(-c3ccccc3)cc12. The van der Waals surface area contributed by atoms with Gasteiger partial charge in [-0.2, -0.15) is 5.10 Å². The van der Waals surface area contributed by atoms with Crippen molar-refractivity contribution in [2.24, 2.45) is 0 Å². The van der Waals surface area contributed by atoms with Crippen molar-refractivity contribution < 1.29 is 0 Å². The molecular weight excluding hydrogens is 270 g/mol. The molecule has 3 nitrogen and oxygen atoms in total. The highest BCUT2D eigenvalue weighted by molar-refractivity contribution is 5.89. The van der Waals surface area contributed by atoms with Gasteiger partial charge in [0.2, 0.25) is 0 Å². The smallest absolute Gasteiger partial charge is 0.0934 e. The first-order valence-electron chi connectivity index (χ1n) is 7.38. The van der Waals surface area contributed by atoms with E-state index < -0.39 is 0 Å². The summed E-state index contributed by atoms with van der Waals surface area (Å²) < 4.78 is 2.05. The van der Waals surface area contributed by atoms with E-state index in [0.717, 1.165) is 22.3 Å². The highest BCUT2D eigenvalue weighted by Crippen LogP contribution is 2.22. The molecule has 0 unspecified atom stereocenters. The number of para-hydroxylation sites is 1. The normalized spacial score (nSPS) is 12.4. The largest absolute Gasteiger partial charge is 0.383 e. The number of hydrogen-bond donors (Lipinski definition) is 0. The van der Waals surface area contributed by atoms with E-state index in [0.29, 0.717) is 0 Å². The molecule has 0 N–H and O–H groups in total. The van der Waals surface area contributed by atoms with Gasteiger partial charge in [-0.05, 0) is 12.1 Å². The van der Waals surface area contributed by atoms with Crippen LogP contribution in [-0.2, 0) is 0 Å². The molecule has 108 valence electrons. The van der Waals surface area contributed by atoms with Crippen molar-refractivity contribution in [3.05, 3.63) is 65.9 Å². The molecule has 0 fully saturated rings. The van der Waals surface area contributed by atoms with Crippen LogP contribution >= 0.6 is 0 Å². The average Bonchev–Trinajstić information content (AvgIpc) is 3.08. The fourth-order valence-corrected chi connectivity index (χ4v) is 2.92. The first-order valence-corrected chi connectivity index (χ1v) is 7.38. The minimum atomic E-state index is 1.01. The molecule has 0 amide bonds. The molecule has 2 aromatic carbocycles. The summed E-state index contributed by atoms with van der Waals surface area (Å²) in [4.78, 5) is 2.08. The Hall–Kier alpha value is -2.81. The van der Waals surface area contributed by atoms with Crippen LogP contribution in [0.15, 0.2) is 60.7 Å². The molecule has 0 radical (unpaired) electrons. The molecule has 0 aliphatic rings. The quantitative estimate of drug-likeness (QED) is 0.564. The standard InChI is InChI=1S/C19H17N3/c1-21(2)13-16-15-10-6-7-11-18(15)22-19(16)12-17(20-22)14-8-4-3-5-9-14/h3-13H,1-2H3/b16-13-. The molecule has 2 heterocycles. The lowest BCUT2D eigenvalue weighted by Crippen LogP contribution is -2.09. The number of nitrogens with zero attached hydrogens (tertiary/aromatic N) is 3. The Bertz CT molecular complexity index is 997. The number of hydrogen-bond acceptors (Lipinski definition) is 2. The first-order chi connectivity index (χ1) is 10.7. The summed E-state index contributed by atoms with van der Waals surface area (Å²) in [5.74, 6) is 0. The van der Waals surface area contributed by atoms with Gasteiger partial charge in [-0.1, -0.05) is 48.5 Å². The van der Waals surface area contributed by atoms with Crippen molar-refractivity contribution in [1.82, 2.24) is 14.5 Å². The lowest BCUT2D eigenvalue weighted by atomic mass is 10.1. The lowest BCUT2D eigenvalue weighted by Gasteiger charge is -2.02. The maximum Gasteiger partial charge on any atom is 0.0934 e. The van der Waals surface area contributed by atoms with Crippen LogP contribution in [0.25, 0.3) is 33.9 Å². The zero-order valence-electron chi connectivity index (χ0n) is 12.7. The average molecular weight is 287 g/mol. The van der Waals surface area contributed by atoms with Crippen LogP contribution in [-0.4, -0.2) is 28.6 Å². The minimum absolute atomic E-state index is 1.01. The molecule has 0 aliphatic carbocycles. The molecule has 2 aromatic heterocycles. The van der Waals surface area contributed by atoms with Gasteiger partial charge in [0.1, 0.15) is 0 Å². The van der Waals surface area contributed by atoms with E-state index in [1.165, 1.54) is 10.6 Å². The van der Waals surface area contributed by atoms with Crippen LogP contribution in [0.1, 0.15) is 0 Å². The van der Waals surface area contributed by atoms with E-state index in [9.17, 15) is 0 Å². The van der Waals surface area contributed by atoms with E-state index in [4.69, 9.17) is 5.10 Å². The molecule has 0 bridgehead atoms. The highest BCUT2D eigenvalue weighted by atomic mass is 15.2. The lowest BCUT2D eigenvalue weighted by molar-refractivity contribution is 0.615. The van der Waals surface area contributed by atoms with Gasteiger partial charge in [0.05, 0.1) is 16.7 Å². The van der Waals surface area contributed by atoms with Gasteiger partial charge in [0.15, 0.2) is 0 Å². The van der Waals surface area contributed by atoms with Crippen molar-refractivity contribution in [1.29, 1.82) is 0 Å². The van der Waals surface area contributed by atoms with Crippen molar-refractivity contribution in [3.63, 3.8) is 0 Å². The molecule has 3 heteroatoms. The van der Waals surface area contributed by atoms with E-state index in [-0.39, 0.29) is 0 Å². The Morgan fingerprint density at radius 1 is 0.909 bits per heavy atom. The highest BCUT2D eigenvalue weighted by Gasteiger charge is 2.11. The van der Waals surface area contributed by atoms with Crippen molar-refractivity contribution in [2.45, 2.75) is 0 Å². The maximum absolute atomic E-state index is 4.82. The fourth-order valence-electron chi connectivity index (χ4n) is 2.92. The number of fused-ring (bicyclic) bond motifs is 3. The summed E-state index contributed by atoms with van der Waals surface area (Å²) in [5, 5.41) is 7.27. The summed E-state index contributed by atoms with van der Waals surface area (Å²) in [6.07, 6.45) is 2.16. The Morgan fingerprint density at radius 2 is 1.64 bits per heavy atom. The molecule has 4 rings (SSSR count). The molecule has 0 aliphatic heterocycles. The van der Waals surface area contributed by atoms with Gasteiger partial charge >= 0.3 is 0 Å². The predicted octanol–water partition coefficient (Wildman–Crippen LogP) is 3.17. The predicted molar refractivity (Wildman–Crippen MR) is 91.5 cm³/mol. The third-order valence-electron chi connectivity index (χ3n) is 3.86. The Kier molecular flexibility index (Phi) is 2.86. The number of benzene rings is 2.